The molecule has 0 aliphatic heterocycles. The van der Waals surface area contributed by atoms with Crippen molar-refractivity contribution < 1.29 is 22.7 Å². The fraction of sp³-hybridized carbons (Fsp3) is 0.235. The Morgan fingerprint density at radius 1 is 1.21 bits per heavy atom. The SMILES string of the molecule is C[C@H](Oc1ccc(Cl)cc1Cl)C(=O)NCc1nnc2c(C(F)(F)F)cc(Cl)cn12. The van der Waals surface area contributed by atoms with Crippen molar-refractivity contribution in [3.63, 3.8) is 0 Å². The van der Waals surface area contributed by atoms with Gasteiger partial charge in [-0.25, -0.2) is 0 Å². The summed E-state index contributed by atoms with van der Waals surface area (Å²) in [5.41, 5.74) is -1.44. The Kier molecular flexibility index (Phi) is 6.11. The molecule has 0 saturated heterocycles. The second-order valence-corrected chi connectivity index (χ2v) is 7.21. The van der Waals surface area contributed by atoms with E-state index in [9.17, 15) is 18.0 Å². The number of alkyl halides is 3. The molecule has 0 bridgehead atoms. The first-order chi connectivity index (χ1) is 13.6. The molecule has 0 saturated carbocycles. The molecule has 154 valence electrons. The highest BCUT2D eigenvalue weighted by Crippen LogP contribution is 2.33. The molecule has 0 radical (unpaired) electrons. The van der Waals surface area contributed by atoms with E-state index in [-0.39, 0.29) is 28.2 Å². The second-order valence-electron chi connectivity index (χ2n) is 5.93. The number of hydrogen-bond acceptors (Lipinski definition) is 4. The van der Waals surface area contributed by atoms with Crippen LogP contribution < -0.4 is 10.1 Å². The van der Waals surface area contributed by atoms with Gasteiger partial charge in [-0.3, -0.25) is 9.20 Å². The van der Waals surface area contributed by atoms with Gasteiger partial charge in [-0.2, -0.15) is 13.2 Å². The van der Waals surface area contributed by atoms with Crippen LogP contribution in [0.1, 0.15) is 18.3 Å². The number of carbonyl (C=O) groups excluding carboxylic acids is 1. The molecule has 29 heavy (non-hydrogen) atoms. The highest BCUT2D eigenvalue weighted by molar-refractivity contribution is 6.35. The zero-order chi connectivity index (χ0) is 21.3. The number of aromatic nitrogens is 3. The number of nitrogens with one attached hydrogen (secondary N) is 1. The lowest BCUT2D eigenvalue weighted by Gasteiger charge is -2.15. The van der Waals surface area contributed by atoms with Gasteiger partial charge in [-0.1, -0.05) is 34.8 Å². The molecule has 2 heterocycles. The molecule has 0 unspecified atom stereocenters. The first kappa shape index (κ1) is 21.5. The topological polar surface area (TPSA) is 68.5 Å². The van der Waals surface area contributed by atoms with Gasteiger partial charge >= 0.3 is 6.18 Å². The normalized spacial score (nSPS) is 12.8. The van der Waals surface area contributed by atoms with Crippen molar-refractivity contribution in [3.8, 4) is 5.75 Å². The van der Waals surface area contributed by atoms with E-state index < -0.39 is 29.4 Å². The summed E-state index contributed by atoms with van der Waals surface area (Å²) >= 11 is 17.6. The van der Waals surface area contributed by atoms with Crippen molar-refractivity contribution in [1.82, 2.24) is 19.9 Å². The summed E-state index contributed by atoms with van der Waals surface area (Å²) in [7, 11) is 0. The highest BCUT2D eigenvalue weighted by Gasteiger charge is 2.35. The number of nitrogens with zero attached hydrogens (tertiary/aromatic N) is 3. The van der Waals surface area contributed by atoms with Gasteiger partial charge in [0.25, 0.3) is 5.91 Å². The fourth-order valence-corrected chi connectivity index (χ4v) is 3.12. The highest BCUT2D eigenvalue weighted by atomic mass is 35.5. The molecule has 0 spiro atoms. The van der Waals surface area contributed by atoms with Crippen LogP contribution in [0.4, 0.5) is 13.2 Å². The molecule has 0 aliphatic carbocycles. The molecule has 0 aliphatic rings. The van der Waals surface area contributed by atoms with Crippen LogP contribution in [0.2, 0.25) is 15.1 Å². The second kappa shape index (κ2) is 8.25. The summed E-state index contributed by atoms with van der Waals surface area (Å²) in [4.78, 5) is 12.3. The van der Waals surface area contributed by atoms with Crippen molar-refractivity contribution in [2.45, 2.75) is 25.7 Å². The van der Waals surface area contributed by atoms with Gasteiger partial charge in [0.05, 0.1) is 16.6 Å². The molecule has 2 aromatic heterocycles. The maximum atomic E-state index is 13.1. The van der Waals surface area contributed by atoms with Gasteiger partial charge in [-0.05, 0) is 31.2 Å². The van der Waals surface area contributed by atoms with Crippen molar-refractivity contribution in [2.75, 3.05) is 0 Å². The Bertz CT molecular complexity index is 1070. The fourth-order valence-electron chi connectivity index (χ4n) is 2.46. The maximum Gasteiger partial charge on any atom is 0.420 e. The number of halogens is 6. The molecule has 12 heteroatoms. The number of rotatable bonds is 5. The molecule has 1 atom stereocenters. The van der Waals surface area contributed by atoms with Crippen molar-refractivity contribution in [3.05, 3.63) is 56.9 Å². The number of carbonyl (C=O) groups is 1. The van der Waals surface area contributed by atoms with E-state index in [2.05, 4.69) is 15.5 Å². The standard InChI is InChI=1S/C17H12Cl3F3N4O2/c1-8(29-13-3-2-9(18)5-12(13)20)16(28)24-6-14-25-26-15-11(17(21,22)23)4-10(19)7-27(14)15/h2-5,7-8H,6H2,1H3,(H,24,28)/t8-/m0/s1. The van der Waals surface area contributed by atoms with Gasteiger partial charge in [0.1, 0.15) is 11.3 Å². The van der Waals surface area contributed by atoms with E-state index in [1.807, 2.05) is 0 Å². The van der Waals surface area contributed by atoms with Gasteiger partial charge in [0.2, 0.25) is 0 Å². The number of fused-ring (bicyclic) bond motifs is 1. The van der Waals surface area contributed by atoms with E-state index in [0.717, 1.165) is 10.5 Å². The zero-order valence-electron chi connectivity index (χ0n) is 14.6. The lowest BCUT2D eigenvalue weighted by molar-refractivity contribution is -0.136. The predicted octanol–water partition coefficient (Wildman–Crippen LogP) is 4.79. The largest absolute Gasteiger partial charge is 0.479 e. The molecular weight excluding hydrogens is 456 g/mol. The predicted molar refractivity (Wildman–Crippen MR) is 101 cm³/mol. The summed E-state index contributed by atoms with van der Waals surface area (Å²) in [6.07, 6.45) is -4.36. The summed E-state index contributed by atoms with van der Waals surface area (Å²) in [5, 5.41) is 10.3. The number of amides is 1. The van der Waals surface area contributed by atoms with E-state index >= 15 is 0 Å². The van der Waals surface area contributed by atoms with Crippen LogP contribution in [0.15, 0.2) is 30.5 Å². The van der Waals surface area contributed by atoms with Crippen molar-refractivity contribution >= 4 is 46.4 Å². The average Bonchev–Trinajstić information content (AvgIpc) is 3.03. The minimum absolute atomic E-state index is 0.0677. The van der Waals surface area contributed by atoms with Crippen molar-refractivity contribution in [1.29, 1.82) is 0 Å². The van der Waals surface area contributed by atoms with E-state index in [4.69, 9.17) is 39.5 Å². The number of benzene rings is 1. The zero-order valence-corrected chi connectivity index (χ0v) is 16.9. The van der Waals surface area contributed by atoms with Crippen LogP contribution in [-0.2, 0) is 17.5 Å². The lowest BCUT2D eigenvalue weighted by atomic mass is 10.2. The first-order valence-electron chi connectivity index (χ1n) is 8.06. The minimum atomic E-state index is -4.65. The molecule has 3 aromatic rings. The smallest absolute Gasteiger partial charge is 0.420 e. The van der Waals surface area contributed by atoms with Crippen LogP contribution >= 0.6 is 34.8 Å². The monoisotopic (exact) mass is 466 g/mol. The molecule has 1 aromatic carbocycles. The number of hydrogen-bond donors (Lipinski definition) is 1. The van der Waals surface area contributed by atoms with Gasteiger partial charge in [0, 0.05) is 11.2 Å². The average molecular weight is 468 g/mol. The number of ether oxygens (including phenoxy) is 1. The van der Waals surface area contributed by atoms with Crippen LogP contribution in [-0.4, -0.2) is 26.6 Å². The maximum absolute atomic E-state index is 13.1. The molecule has 0 fully saturated rings. The van der Waals surface area contributed by atoms with E-state index in [1.54, 1.807) is 6.07 Å². The van der Waals surface area contributed by atoms with Crippen LogP contribution in [0.3, 0.4) is 0 Å². The van der Waals surface area contributed by atoms with Gasteiger partial charge < -0.3 is 10.1 Å². The third-order valence-electron chi connectivity index (χ3n) is 3.84. The van der Waals surface area contributed by atoms with E-state index in [1.165, 1.54) is 25.3 Å². The Hall–Kier alpha value is -2.23. The quantitative estimate of drug-likeness (QED) is 0.586. The molecule has 1 N–H and O–H groups in total. The molecule has 3 rings (SSSR count). The molecule has 1 amide bonds. The summed E-state index contributed by atoms with van der Waals surface area (Å²) in [6, 6.07) is 5.30. The third kappa shape index (κ3) is 4.85. The summed E-state index contributed by atoms with van der Waals surface area (Å²) in [6.45, 7) is 1.29. The Morgan fingerprint density at radius 2 is 1.93 bits per heavy atom. The molecule has 6 nitrogen and oxygen atoms in total. The van der Waals surface area contributed by atoms with Crippen LogP contribution in [0.25, 0.3) is 5.65 Å². The minimum Gasteiger partial charge on any atom is -0.479 e. The third-order valence-corrected chi connectivity index (χ3v) is 4.57. The number of pyridine rings is 1. The van der Waals surface area contributed by atoms with Crippen molar-refractivity contribution in [2.24, 2.45) is 0 Å². The van der Waals surface area contributed by atoms with Crippen LogP contribution in [0.5, 0.6) is 5.75 Å². The van der Waals surface area contributed by atoms with Crippen LogP contribution in [0, 0.1) is 0 Å². The Labute approximate surface area is 177 Å². The van der Waals surface area contributed by atoms with Gasteiger partial charge in [-0.15, -0.1) is 10.2 Å². The van der Waals surface area contributed by atoms with E-state index in [0.29, 0.717) is 5.02 Å². The summed E-state index contributed by atoms with van der Waals surface area (Å²) in [5.74, 6) is -0.211. The Balaban J connectivity index is 1.73. The Morgan fingerprint density at radius 3 is 2.59 bits per heavy atom. The first-order valence-corrected chi connectivity index (χ1v) is 9.19. The molecular formula is C17H12Cl3F3N4O2. The van der Waals surface area contributed by atoms with Gasteiger partial charge in [0.15, 0.2) is 17.6 Å². The lowest BCUT2D eigenvalue weighted by Crippen LogP contribution is -2.36. The summed E-state index contributed by atoms with van der Waals surface area (Å²) < 4.78 is 46.0.